The number of rotatable bonds is 4. The monoisotopic (exact) mass is 408 g/mol. The smallest absolute Gasteiger partial charge is 0.264 e. The van der Waals surface area contributed by atoms with Crippen LogP contribution in [-0.4, -0.2) is 60.0 Å². The lowest BCUT2D eigenvalue weighted by molar-refractivity contribution is 0.111. The highest BCUT2D eigenvalue weighted by molar-refractivity contribution is 7.91. The molecule has 2 aromatic rings. The molecule has 7 nitrogen and oxygen atoms in total. The van der Waals surface area contributed by atoms with Gasteiger partial charge in [0, 0.05) is 38.3 Å². The van der Waals surface area contributed by atoms with Crippen LogP contribution in [-0.2, 0) is 10.0 Å². The van der Waals surface area contributed by atoms with E-state index < -0.39 is 10.0 Å². The molecule has 3 heterocycles. The maximum Gasteiger partial charge on any atom is 0.264 e. The van der Waals surface area contributed by atoms with Gasteiger partial charge in [-0.2, -0.15) is 9.40 Å². The molecular weight excluding hydrogens is 384 g/mol. The molecular formula is C18H24N4O3S2. The van der Waals surface area contributed by atoms with E-state index in [4.69, 9.17) is 0 Å². The third kappa shape index (κ3) is 4.01. The second-order valence-electron chi connectivity index (χ2n) is 7.16. The van der Waals surface area contributed by atoms with Gasteiger partial charge in [0.2, 0.25) is 0 Å². The van der Waals surface area contributed by atoms with E-state index in [0.29, 0.717) is 29.0 Å². The minimum Gasteiger partial charge on any atom is -0.298 e. The number of piperazine rings is 1. The van der Waals surface area contributed by atoms with Gasteiger partial charge in [0.15, 0.2) is 0 Å². The first-order valence-corrected chi connectivity index (χ1v) is 11.7. The number of nitrogens with one attached hydrogen (secondary N) is 1. The van der Waals surface area contributed by atoms with Crippen molar-refractivity contribution in [2.24, 2.45) is 0 Å². The summed E-state index contributed by atoms with van der Waals surface area (Å²) < 4.78 is 27.9. The molecule has 1 N–H and O–H groups in total. The van der Waals surface area contributed by atoms with Crippen molar-refractivity contribution in [2.45, 2.75) is 42.4 Å². The summed E-state index contributed by atoms with van der Waals surface area (Å²) in [7, 11) is -3.49. The van der Waals surface area contributed by atoms with Gasteiger partial charge in [-0.15, -0.1) is 11.3 Å². The molecule has 0 atom stereocenters. The fraction of sp³-hybridized carbons (Fsp3) is 0.556. The number of hydrogen-bond donors (Lipinski definition) is 1. The van der Waals surface area contributed by atoms with Crippen LogP contribution in [0.2, 0.25) is 0 Å². The Labute approximate surface area is 163 Å². The summed E-state index contributed by atoms with van der Waals surface area (Å²) in [5.74, 6) is 0. The second-order valence-corrected chi connectivity index (χ2v) is 10.4. The van der Waals surface area contributed by atoms with Crippen molar-refractivity contribution < 1.29 is 8.42 Å². The lowest BCUT2D eigenvalue weighted by Crippen LogP contribution is -2.52. The first-order valence-electron chi connectivity index (χ1n) is 9.44. The molecule has 0 unspecified atom stereocenters. The summed E-state index contributed by atoms with van der Waals surface area (Å²) in [5, 5.41) is 6.36. The van der Waals surface area contributed by atoms with E-state index in [1.165, 1.54) is 49.5 Å². The summed E-state index contributed by atoms with van der Waals surface area (Å²) in [6.07, 6.45) is 6.40. The minimum atomic E-state index is -3.49. The normalized spacial score (nSPS) is 20.7. The highest BCUT2D eigenvalue weighted by atomic mass is 32.2. The van der Waals surface area contributed by atoms with E-state index in [9.17, 15) is 13.2 Å². The van der Waals surface area contributed by atoms with Crippen molar-refractivity contribution in [2.75, 3.05) is 26.2 Å². The average molecular weight is 409 g/mol. The molecule has 1 aliphatic carbocycles. The fourth-order valence-corrected chi connectivity index (χ4v) is 6.81. The van der Waals surface area contributed by atoms with Crippen LogP contribution in [0.15, 0.2) is 33.3 Å². The number of aromatic nitrogens is 2. The van der Waals surface area contributed by atoms with Crippen LogP contribution < -0.4 is 5.56 Å². The Morgan fingerprint density at radius 2 is 1.74 bits per heavy atom. The second kappa shape index (κ2) is 7.83. The molecule has 1 saturated heterocycles. The van der Waals surface area contributed by atoms with Crippen LogP contribution in [0.25, 0.3) is 10.6 Å². The van der Waals surface area contributed by atoms with E-state index in [2.05, 4.69) is 15.1 Å². The largest absolute Gasteiger partial charge is 0.298 e. The molecule has 1 saturated carbocycles. The van der Waals surface area contributed by atoms with Crippen LogP contribution >= 0.6 is 11.3 Å². The first-order chi connectivity index (χ1) is 13.0. The summed E-state index contributed by atoms with van der Waals surface area (Å²) in [6, 6.07) is 7.00. The molecule has 9 heteroatoms. The van der Waals surface area contributed by atoms with E-state index in [0.717, 1.165) is 18.0 Å². The van der Waals surface area contributed by atoms with Gasteiger partial charge < -0.3 is 0 Å². The Bertz CT molecular complexity index is 919. The SMILES string of the molecule is O=c1ccc(-c2ccc(S(=O)(=O)N3CCN(C4CCCCC4)CC3)s2)n[nH]1. The molecule has 4 rings (SSSR count). The van der Waals surface area contributed by atoms with E-state index in [-0.39, 0.29) is 5.56 Å². The third-order valence-electron chi connectivity index (χ3n) is 5.47. The van der Waals surface area contributed by atoms with Gasteiger partial charge in [-0.1, -0.05) is 19.3 Å². The number of nitrogens with zero attached hydrogens (tertiary/aromatic N) is 3. The van der Waals surface area contributed by atoms with Gasteiger partial charge in [0.25, 0.3) is 15.6 Å². The number of H-pyrrole nitrogens is 1. The third-order valence-corrected chi connectivity index (χ3v) is 8.95. The maximum atomic E-state index is 13.0. The van der Waals surface area contributed by atoms with E-state index in [1.807, 2.05) is 0 Å². The maximum absolute atomic E-state index is 13.0. The molecule has 1 aliphatic heterocycles. The predicted molar refractivity (Wildman–Crippen MR) is 105 cm³/mol. The molecule has 2 fully saturated rings. The molecule has 0 aromatic carbocycles. The summed E-state index contributed by atoms with van der Waals surface area (Å²) in [6.45, 7) is 2.71. The summed E-state index contributed by atoms with van der Waals surface area (Å²) in [4.78, 5) is 14.3. The number of aromatic amines is 1. The van der Waals surface area contributed by atoms with Crippen LogP contribution in [0.5, 0.6) is 0 Å². The van der Waals surface area contributed by atoms with Gasteiger partial charge in [-0.05, 0) is 31.0 Å². The van der Waals surface area contributed by atoms with Gasteiger partial charge in [0.05, 0.1) is 4.88 Å². The Balaban J connectivity index is 1.44. The Morgan fingerprint density at radius 3 is 2.41 bits per heavy atom. The van der Waals surface area contributed by atoms with Crippen LogP contribution in [0, 0.1) is 0 Å². The van der Waals surface area contributed by atoms with E-state index in [1.54, 1.807) is 22.5 Å². The molecule has 2 aromatic heterocycles. The minimum absolute atomic E-state index is 0.279. The van der Waals surface area contributed by atoms with Crippen LogP contribution in [0.3, 0.4) is 0 Å². The van der Waals surface area contributed by atoms with Gasteiger partial charge in [-0.3, -0.25) is 9.69 Å². The molecule has 0 radical (unpaired) electrons. The predicted octanol–water partition coefficient (Wildman–Crippen LogP) is 2.14. The molecule has 146 valence electrons. The zero-order chi connectivity index (χ0) is 18.9. The Morgan fingerprint density at radius 1 is 1.00 bits per heavy atom. The standard InChI is InChI=1S/C18H24N4O3S2/c23-17-8-6-15(19-20-17)16-7-9-18(26-16)27(24,25)22-12-10-21(11-13-22)14-4-2-1-3-5-14/h6-9,14H,1-5,10-13H2,(H,20,23). The quantitative estimate of drug-likeness (QED) is 0.838. The summed E-state index contributed by atoms with van der Waals surface area (Å²) >= 11 is 1.19. The molecule has 2 aliphatic rings. The molecule has 0 bridgehead atoms. The van der Waals surface area contributed by atoms with Crippen molar-refractivity contribution in [3.05, 3.63) is 34.6 Å². The lowest BCUT2D eigenvalue weighted by Gasteiger charge is -2.40. The number of hydrogen-bond acceptors (Lipinski definition) is 6. The number of sulfonamides is 1. The fourth-order valence-electron chi connectivity index (χ4n) is 3.96. The van der Waals surface area contributed by atoms with Gasteiger partial charge >= 0.3 is 0 Å². The Kier molecular flexibility index (Phi) is 5.45. The van der Waals surface area contributed by atoms with Crippen LogP contribution in [0.1, 0.15) is 32.1 Å². The molecule has 0 spiro atoms. The highest BCUT2D eigenvalue weighted by Gasteiger charge is 2.32. The van der Waals surface area contributed by atoms with Crippen molar-refractivity contribution in [1.29, 1.82) is 0 Å². The van der Waals surface area contributed by atoms with Gasteiger partial charge in [0.1, 0.15) is 9.90 Å². The zero-order valence-electron chi connectivity index (χ0n) is 15.1. The van der Waals surface area contributed by atoms with Crippen molar-refractivity contribution in [1.82, 2.24) is 19.4 Å². The van der Waals surface area contributed by atoms with Gasteiger partial charge in [-0.25, -0.2) is 13.5 Å². The van der Waals surface area contributed by atoms with Crippen molar-refractivity contribution in [3.8, 4) is 10.6 Å². The topological polar surface area (TPSA) is 86.4 Å². The average Bonchev–Trinajstić information content (AvgIpc) is 3.20. The molecule has 27 heavy (non-hydrogen) atoms. The van der Waals surface area contributed by atoms with Crippen molar-refractivity contribution in [3.63, 3.8) is 0 Å². The van der Waals surface area contributed by atoms with E-state index >= 15 is 0 Å². The van der Waals surface area contributed by atoms with Crippen LogP contribution in [0.4, 0.5) is 0 Å². The van der Waals surface area contributed by atoms with Crippen molar-refractivity contribution >= 4 is 21.4 Å². The number of thiophene rings is 1. The first kappa shape index (κ1) is 18.8. The summed E-state index contributed by atoms with van der Waals surface area (Å²) in [5.41, 5.74) is 0.294. The lowest BCUT2D eigenvalue weighted by atomic mass is 9.94. The Hall–Kier alpha value is -1.55. The zero-order valence-corrected chi connectivity index (χ0v) is 16.8. The highest BCUT2D eigenvalue weighted by Crippen LogP contribution is 2.32. The molecule has 0 amide bonds.